The summed E-state index contributed by atoms with van der Waals surface area (Å²) in [4.78, 5) is 66.1. The Labute approximate surface area is 341 Å². The van der Waals surface area contributed by atoms with Gasteiger partial charge < -0.3 is 59.6 Å². The summed E-state index contributed by atoms with van der Waals surface area (Å²) in [5, 5.41) is 72.5. The zero-order valence-electron chi connectivity index (χ0n) is 34.8. The number of hydrogen-bond acceptors (Lipinski definition) is 16. The molecule has 3 aliphatic heterocycles. The van der Waals surface area contributed by atoms with Crippen molar-refractivity contribution < 1.29 is 78.3 Å². The van der Waals surface area contributed by atoms with Crippen LogP contribution in [0.5, 0.6) is 11.5 Å². The van der Waals surface area contributed by atoms with Gasteiger partial charge in [0.1, 0.15) is 40.5 Å². The highest BCUT2D eigenvalue weighted by Crippen LogP contribution is 2.53. The molecule has 0 radical (unpaired) electrons. The third-order valence-electron chi connectivity index (χ3n) is 10.9. The summed E-state index contributed by atoms with van der Waals surface area (Å²) >= 11 is 0. The number of phenolic OH excluding ortho intramolecular Hbond substituents is 1. The summed E-state index contributed by atoms with van der Waals surface area (Å²) in [5.74, 6) is -9.89. The van der Waals surface area contributed by atoms with Crippen molar-refractivity contribution in [1.82, 2.24) is 0 Å². The second-order valence-electron chi connectivity index (χ2n) is 15.6. The van der Waals surface area contributed by atoms with Gasteiger partial charge in [-0.15, -0.1) is 0 Å². The molecule has 59 heavy (non-hydrogen) atoms. The second-order valence-corrected chi connectivity index (χ2v) is 15.6. The minimum Gasteiger partial charge on any atom is -0.505 e. The highest BCUT2D eigenvalue weighted by atomic mass is 16.7. The molecule has 7 N–H and O–H groups in total. The van der Waals surface area contributed by atoms with Gasteiger partial charge in [0.2, 0.25) is 6.79 Å². The van der Waals surface area contributed by atoms with E-state index in [1.54, 1.807) is 0 Å². The Balaban J connectivity index is 2.12. The van der Waals surface area contributed by atoms with Gasteiger partial charge in [0, 0.05) is 48.0 Å². The molecule has 5 rings (SSSR count). The molecule has 1 aliphatic carbocycles. The molecule has 4 aliphatic rings. The Kier molecular flexibility index (Phi) is 13.7. The van der Waals surface area contributed by atoms with Crippen LogP contribution < -0.4 is 10.1 Å². The van der Waals surface area contributed by atoms with Crippen LogP contribution in [0.3, 0.4) is 0 Å². The third-order valence-corrected chi connectivity index (χ3v) is 10.9. The van der Waals surface area contributed by atoms with E-state index in [4.69, 9.17) is 23.7 Å². The monoisotopic (exact) mass is 827 g/mol. The number of benzene rings is 1. The first-order chi connectivity index (χ1) is 27.3. The smallest absolute Gasteiger partial charge is 0.315 e. The molecule has 1 aromatic rings. The maximum atomic E-state index is 14.0. The summed E-state index contributed by atoms with van der Waals surface area (Å²) in [6.07, 6.45) is -2.49. The molecule has 0 aromatic heterocycles. The van der Waals surface area contributed by atoms with Crippen LogP contribution in [0.1, 0.15) is 83.8 Å². The molecule has 4 bridgehead atoms. The lowest BCUT2D eigenvalue weighted by atomic mass is 9.74. The lowest BCUT2D eigenvalue weighted by molar-refractivity contribution is -0.183. The SMILES string of the molecule is COC(=O)[C@@H]1[C@H](O)[C@H](C)[C@H](O)[C@](C)(O)/C=C\C=C(/C)C(=O)Nc2c(C)c(OC(C)=O)c3c(c2O)C(=O)C(C)=C2OCOC(=C23)/C(C)=C/[C@@](C)(O)[C@H](O)[C@@H](C)[C@H]1OC(C)=O. The Morgan fingerprint density at radius 1 is 0.864 bits per heavy atom. The van der Waals surface area contributed by atoms with E-state index in [0.29, 0.717) is 0 Å². The third kappa shape index (κ3) is 8.99. The van der Waals surface area contributed by atoms with Crippen molar-refractivity contribution in [3.05, 3.63) is 69.2 Å². The quantitative estimate of drug-likeness (QED) is 0.131. The first-order valence-corrected chi connectivity index (χ1v) is 18.8. The maximum absolute atomic E-state index is 14.0. The summed E-state index contributed by atoms with van der Waals surface area (Å²) in [6.45, 7) is 12.5. The van der Waals surface area contributed by atoms with Crippen molar-refractivity contribution in [3.8, 4) is 11.5 Å². The first-order valence-electron chi connectivity index (χ1n) is 18.8. The number of aliphatic hydroxyl groups is 5. The Hall–Kier alpha value is -5.33. The number of methoxy groups -OCH3 is 1. The number of fused-ring (bicyclic) bond motifs is 14. The molecular formula is C42H53NO16. The summed E-state index contributed by atoms with van der Waals surface area (Å²) < 4.78 is 27.9. The van der Waals surface area contributed by atoms with Gasteiger partial charge in [0.05, 0.1) is 42.2 Å². The van der Waals surface area contributed by atoms with E-state index in [2.05, 4.69) is 5.32 Å². The number of hydrogen-bond donors (Lipinski definition) is 7. The highest BCUT2D eigenvalue weighted by Gasteiger charge is 2.50. The van der Waals surface area contributed by atoms with Crippen LogP contribution in [0.25, 0.3) is 5.57 Å². The van der Waals surface area contributed by atoms with E-state index in [-0.39, 0.29) is 61.9 Å². The average Bonchev–Trinajstić information content (AvgIpc) is 3.16. The fraction of sp³-hybridized carbons (Fsp3) is 0.500. The molecule has 3 heterocycles. The number of carbonyl (C=O) groups excluding carboxylic acids is 5. The Morgan fingerprint density at radius 2 is 1.46 bits per heavy atom. The zero-order chi connectivity index (χ0) is 44.6. The van der Waals surface area contributed by atoms with E-state index in [1.165, 1.54) is 73.6 Å². The van der Waals surface area contributed by atoms with Crippen LogP contribution in [-0.4, -0.2) is 110 Å². The van der Waals surface area contributed by atoms with Gasteiger partial charge in [-0.05, 0) is 53.2 Å². The highest BCUT2D eigenvalue weighted by molar-refractivity contribution is 6.21. The minimum atomic E-state index is -2.26. The molecule has 0 unspecified atom stereocenters. The van der Waals surface area contributed by atoms with E-state index in [9.17, 15) is 54.6 Å². The Bertz CT molecular complexity index is 2090. The lowest BCUT2D eigenvalue weighted by Crippen LogP contribution is -2.55. The van der Waals surface area contributed by atoms with Gasteiger partial charge in [-0.25, -0.2) is 0 Å². The zero-order valence-corrected chi connectivity index (χ0v) is 34.8. The van der Waals surface area contributed by atoms with Crippen LogP contribution in [0.2, 0.25) is 0 Å². The Morgan fingerprint density at radius 3 is 2.03 bits per heavy atom. The largest absolute Gasteiger partial charge is 0.505 e. The number of phenols is 1. The van der Waals surface area contributed by atoms with Gasteiger partial charge in [-0.3, -0.25) is 24.0 Å². The molecule has 0 saturated carbocycles. The van der Waals surface area contributed by atoms with Crippen LogP contribution in [0.4, 0.5) is 5.69 Å². The van der Waals surface area contributed by atoms with Gasteiger partial charge in [-0.1, -0.05) is 32.1 Å². The van der Waals surface area contributed by atoms with Gasteiger partial charge in [-0.2, -0.15) is 0 Å². The average molecular weight is 828 g/mol. The van der Waals surface area contributed by atoms with Crippen LogP contribution in [-0.2, 0) is 38.1 Å². The maximum Gasteiger partial charge on any atom is 0.315 e. The van der Waals surface area contributed by atoms with Crippen LogP contribution >= 0.6 is 0 Å². The van der Waals surface area contributed by atoms with Crippen molar-refractivity contribution in [2.45, 2.75) is 105 Å². The number of aliphatic hydroxyl groups excluding tert-OH is 3. The van der Waals surface area contributed by atoms with Crippen molar-refractivity contribution in [2.24, 2.45) is 17.8 Å². The molecule has 1 amide bonds. The number of amides is 1. The van der Waals surface area contributed by atoms with E-state index in [1.807, 2.05) is 0 Å². The summed E-state index contributed by atoms with van der Waals surface area (Å²) in [7, 11) is 1.01. The number of Topliss-reactive ketones (excluding diaryl/α,β-unsaturated/α-hetero) is 1. The number of nitrogens with one attached hydrogen (secondary N) is 1. The second kappa shape index (κ2) is 17.5. The molecule has 0 saturated heterocycles. The lowest BCUT2D eigenvalue weighted by Gasteiger charge is -2.41. The molecule has 322 valence electrons. The molecule has 0 fully saturated rings. The first kappa shape index (κ1) is 46.4. The van der Waals surface area contributed by atoms with E-state index >= 15 is 0 Å². The molecule has 17 nitrogen and oxygen atoms in total. The number of rotatable bonds is 3. The fourth-order valence-corrected chi connectivity index (χ4v) is 7.66. The van der Waals surface area contributed by atoms with Gasteiger partial charge >= 0.3 is 17.9 Å². The normalized spacial score (nSPS) is 33.0. The topological polar surface area (TPSA) is 265 Å². The number of ether oxygens (including phenoxy) is 5. The van der Waals surface area contributed by atoms with Crippen molar-refractivity contribution in [2.75, 3.05) is 19.2 Å². The predicted molar refractivity (Wildman–Crippen MR) is 209 cm³/mol. The molecule has 9 atom stereocenters. The number of carbonyl (C=O) groups is 5. The van der Waals surface area contributed by atoms with Crippen LogP contribution in [0.15, 0.2) is 52.5 Å². The summed E-state index contributed by atoms with van der Waals surface area (Å²) in [5.41, 5.74) is -5.03. The number of allylic oxidation sites excluding steroid dienone is 5. The van der Waals surface area contributed by atoms with Gasteiger partial charge in [0.15, 0.2) is 11.5 Å². The number of ketones is 1. The van der Waals surface area contributed by atoms with Crippen molar-refractivity contribution in [1.29, 1.82) is 0 Å². The molecule has 17 heteroatoms. The van der Waals surface area contributed by atoms with E-state index < -0.39 is 95.5 Å². The van der Waals surface area contributed by atoms with Crippen molar-refractivity contribution >= 4 is 40.9 Å². The number of aromatic hydroxyl groups is 1. The molecule has 0 spiro atoms. The number of anilines is 1. The summed E-state index contributed by atoms with van der Waals surface area (Å²) in [6, 6.07) is 0. The standard InChI is InChI=1S/C42H53NO16/c1-17-13-12-14-41(9,53)37(49)21(5)31(47)28(40(52)55-11)36(59-24(8)45)22(6)38(50)42(10,54)15-18(2)33-27-25-26(30(46)20(4)34(27)57-16-56-33)32(48)29(43-39(17)51)19(3)35(25)58-23(7)44/h12-15,21-22,28,31,36-38,47-50,53-54H,16H2,1-11H3,(H,43,51)/b14-12-,17-13+,18-15+/t21-,22-,28+,31+,36+,37-,38+,41+,42+/m0/s1. The van der Waals surface area contributed by atoms with Crippen molar-refractivity contribution in [3.63, 3.8) is 0 Å². The number of esters is 3. The fourth-order valence-electron chi connectivity index (χ4n) is 7.66. The van der Waals surface area contributed by atoms with Crippen LogP contribution in [0, 0.1) is 24.7 Å². The van der Waals surface area contributed by atoms with Gasteiger partial charge in [0.25, 0.3) is 5.91 Å². The molecule has 1 aromatic carbocycles. The minimum absolute atomic E-state index is 0.00133. The van der Waals surface area contributed by atoms with E-state index in [0.717, 1.165) is 27.0 Å². The predicted octanol–water partition coefficient (Wildman–Crippen LogP) is 2.79. The molecular weight excluding hydrogens is 774 g/mol.